The van der Waals surface area contributed by atoms with Crippen LogP contribution in [-0.4, -0.2) is 20.1 Å². The van der Waals surface area contributed by atoms with Crippen molar-refractivity contribution in [1.82, 2.24) is 5.43 Å². The first-order valence-electron chi connectivity index (χ1n) is 6.62. The summed E-state index contributed by atoms with van der Waals surface area (Å²) in [6, 6.07) is 12.3. The van der Waals surface area contributed by atoms with Crippen molar-refractivity contribution in [3.63, 3.8) is 0 Å². The molecule has 0 atom stereocenters. The van der Waals surface area contributed by atoms with E-state index in [2.05, 4.69) is 5.43 Å². The van der Waals surface area contributed by atoms with Crippen molar-refractivity contribution in [3.8, 4) is 17.2 Å². The minimum atomic E-state index is -0.370. The average Bonchev–Trinajstić information content (AvgIpc) is 2.59. The van der Waals surface area contributed by atoms with E-state index in [9.17, 15) is 4.79 Å². The minimum absolute atomic E-state index is 0.252. The van der Waals surface area contributed by atoms with Gasteiger partial charge in [-0.3, -0.25) is 10.2 Å². The number of hydrazine groups is 1. The first-order valence-corrected chi connectivity index (χ1v) is 6.62. The summed E-state index contributed by atoms with van der Waals surface area (Å²) in [5.74, 6) is 6.78. The molecule has 1 amide bonds. The third-order valence-electron chi connectivity index (χ3n) is 3.11. The largest absolute Gasteiger partial charge is 0.497 e. The molecule has 2 aromatic rings. The standard InChI is InChI=1S/C16H18N2O4/c1-20-13-4-3-5-14(9-13)22-10-12-8-11(16(19)18-17)6-7-15(12)21-2/h3-9H,10,17H2,1-2H3,(H,18,19). The lowest BCUT2D eigenvalue weighted by Crippen LogP contribution is -2.30. The van der Waals surface area contributed by atoms with E-state index >= 15 is 0 Å². The quantitative estimate of drug-likeness (QED) is 0.484. The number of amides is 1. The molecule has 6 heteroatoms. The zero-order chi connectivity index (χ0) is 15.9. The maximum absolute atomic E-state index is 11.6. The summed E-state index contributed by atoms with van der Waals surface area (Å²) >= 11 is 0. The van der Waals surface area contributed by atoms with E-state index in [1.807, 2.05) is 18.2 Å². The Morgan fingerprint density at radius 3 is 2.55 bits per heavy atom. The van der Waals surface area contributed by atoms with Crippen LogP contribution in [0, 0.1) is 0 Å². The Labute approximate surface area is 128 Å². The molecule has 22 heavy (non-hydrogen) atoms. The molecule has 0 aromatic heterocycles. The van der Waals surface area contributed by atoms with Crippen molar-refractivity contribution in [2.45, 2.75) is 6.61 Å². The van der Waals surface area contributed by atoms with Crippen LogP contribution in [0.15, 0.2) is 42.5 Å². The van der Waals surface area contributed by atoms with E-state index in [0.717, 1.165) is 5.56 Å². The zero-order valence-electron chi connectivity index (χ0n) is 12.5. The monoisotopic (exact) mass is 302 g/mol. The molecule has 0 unspecified atom stereocenters. The van der Waals surface area contributed by atoms with Crippen molar-refractivity contribution >= 4 is 5.91 Å². The summed E-state index contributed by atoms with van der Waals surface area (Å²) in [7, 11) is 3.16. The molecular weight excluding hydrogens is 284 g/mol. The van der Waals surface area contributed by atoms with Crippen LogP contribution in [0.3, 0.4) is 0 Å². The molecule has 116 valence electrons. The van der Waals surface area contributed by atoms with Crippen LogP contribution in [0.25, 0.3) is 0 Å². The molecule has 0 bridgehead atoms. The first kappa shape index (κ1) is 15.7. The molecule has 0 saturated heterocycles. The fourth-order valence-corrected chi connectivity index (χ4v) is 1.97. The maximum atomic E-state index is 11.6. The van der Waals surface area contributed by atoms with Gasteiger partial charge in [-0.25, -0.2) is 5.84 Å². The van der Waals surface area contributed by atoms with Gasteiger partial charge in [0.05, 0.1) is 14.2 Å². The van der Waals surface area contributed by atoms with Gasteiger partial charge in [-0.15, -0.1) is 0 Å². The number of nitrogens with two attached hydrogens (primary N) is 1. The lowest BCUT2D eigenvalue weighted by molar-refractivity contribution is 0.0953. The molecule has 3 N–H and O–H groups in total. The van der Waals surface area contributed by atoms with Crippen LogP contribution in [-0.2, 0) is 6.61 Å². The Kier molecular flexibility index (Phi) is 5.21. The van der Waals surface area contributed by atoms with Gasteiger partial charge < -0.3 is 14.2 Å². The number of hydrogen-bond acceptors (Lipinski definition) is 5. The lowest BCUT2D eigenvalue weighted by atomic mass is 10.1. The Morgan fingerprint density at radius 2 is 1.86 bits per heavy atom. The number of nitrogen functional groups attached to an aromatic ring is 1. The van der Waals surface area contributed by atoms with Crippen LogP contribution in [0.1, 0.15) is 15.9 Å². The summed E-state index contributed by atoms with van der Waals surface area (Å²) in [6.07, 6.45) is 0. The molecule has 0 saturated carbocycles. The summed E-state index contributed by atoms with van der Waals surface area (Å²) in [6.45, 7) is 0.252. The van der Waals surface area contributed by atoms with Gasteiger partial charge in [-0.1, -0.05) is 6.07 Å². The lowest BCUT2D eigenvalue weighted by Gasteiger charge is -2.12. The molecule has 0 aliphatic heterocycles. The van der Waals surface area contributed by atoms with E-state index in [-0.39, 0.29) is 12.5 Å². The molecular formula is C16H18N2O4. The van der Waals surface area contributed by atoms with Gasteiger partial charge in [0.15, 0.2) is 0 Å². The number of benzene rings is 2. The second kappa shape index (κ2) is 7.33. The SMILES string of the molecule is COc1cccc(OCc2cc(C(=O)NN)ccc2OC)c1. The zero-order valence-corrected chi connectivity index (χ0v) is 12.5. The van der Waals surface area contributed by atoms with Crippen molar-refractivity contribution in [2.24, 2.45) is 5.84 Å². The van der Waals surface area contributed by atoms with Gasteiger partial charge in [-0.2, -0.15) is 0 Å². The van der Waals surface area contributed by atoms with Crippen LogP contribution in [0.2, 0.25) is 0 Å². The predicted molar refractivity (Wildman–Crippen MR) is 82.0 cm³/mol. The molecule has 0 heterocycles. The van der Waals surface area contributed by atoms with Gasteiger partial charge >= 0.3 is 0 Å². The maximum Gasteiger partial charge on any atom is 0.265 e. The Hall–Kier alpha value is -2.73. The molecule has 0 fully saturated rings. The third kappa shape index (κ3) is 3.67. The Balaban J connectivity index is 2.18. The first-order chi connectivity index (χ1) is 10.7. The normalized spacial score (nSPS) is 9.95. The molecule has 0 radical (unpaired) electrons. The number of methoxy groups -OCH3 is 2. The van der Waals surface area contributed by atoms with Gasteiger partial charge in [0.1, 0.15) is 23.9 Å². The summed E-state index contributed by atoms with van der Waals surface area (Å²) < 4.78 is 16.1. The predicted octanol–water partition coefficient (Wildman–Crippen LogP) is 1.89. The van der Waals surface area contributed by atoms with Crippen LogP contribution in [0.5, 0.6) is 17.2 Å². The number of carbonyl (C=O) groups is 1. The molecule has 0 spiro atoms. The number of rotatable bonds is 6. The van der Waals surface area contributed by atoms with E-state index in [4.69, 9.17) is 20.1 Å². The Morgan fingerprint density at radius 1 is 1.09 bits per heavy atom. The van der Waals surface area contributed by atoms with E-state index < -0.39 is 0 Å². The number of carbonyl (C=O) groups excluding carboxylic acids is 1. The van der Waals surface area contributed by atoms with E-state index in [1.54, 1.807) is 38.5 Å². The summed E-state index contributed by atoms with van der Waals surface area (Å²) in [5.41, 5.74) is 3.28. The topological polar surface area (TPSA) is 82.8 Å². The fourth-order valence-electron chi connectivity index (χ4n) is 1.97. The minimum Gasteiger partial charge on any atom is -0.497 e. The molecule has 0 aliphatic carbocycles. The number of ether oxygens (including phenoxy) is 3. The van der Waals surface area contributed by atoms with Crippen molar-refractivity contribution in [1.29, 1.82) is 0 Å². The fraction of sp³-hybridized carbons (Fsp3) is 0.188. The highest BCUT2D eigenvalue weighted by molar-refractivity contribution is 5.94. The smallest absolute Gasteiger partial charge is 0.265 e. The van der Waals surface area contributed by atoms with Crippen LogP contribution in [0.4, 0.5) is 0 Å². The molecule has 0 aliphatic rings. The van der Waals surface area contributed by atoms with E-state index in [1.165, 1.54) is 0 Å². The second-order valence-corrected chi connectivity index (χ2v) is 4.47. The average molecular weight is 302 g/mol. The molecule has 6 nitrogen and oxygen atoms in total. The molecule has 2 rings (SSSR count). The van der Waals surface area contributed by atoms with Gasteiger partial charge in [0, 0.05) is 17.2 Å². The number of hydrogen-bond donors (Lipinski definition) is 2. The highest BCUT2D eigenvalue weighted by Gasteiger charge is 2.10. The summed E-state index contributed by atoms with van der Waals surface area (Å²) in [5, 5.41) is 0. The Bertz CT molecular complexity index is 658. The number of nitrogens with one attached hydrogen (secondary N) is 1. The third-order valence-corrected chi connectivity index (χ3v) is 3.11. The van der Waals surface area contributed by atoms with Crippen molar-refractivity contribution in [3.05, 3.63) is 53.6 Å². The van der Waals surface area contributed by atoms with Gasteiger partial charge in [0.2, 0.25) is 0 Å². The highest BCUT2D eigenvalue weighted by Crippen LogP contribution is 2.24. The molecule has 2 aromatic carbocycles. The van der Waals surface area contributed by atoms with Gasteiger partial charge in [0.25, 0.3) is 5.91 Å². The summed E-state index contributed by atoms with van der Waals surface area (Å²) in [4.78, 5) is 11.6. The van der Waals surface area contributed by atoms with Crippen molar-refractivity contribution < 1.29 is 19.0 Å². The van der Waals surface area contributed by atoms with Crippen molar-refractivity contribution in [2.75, 3.05) is 14.2 Å². The van der Waals surface area contributed by atoms with Crippen LogP contribution < -0.4 is 25.5 Å². The van der Waals surface area contributed by atoms with Gasteiger partial charge in [-0.05, 0) is 30.3 Å². The highest BCUT2D eigenvalue weighted by atomic mass is 16.5. The van der Waals surface area contributed by atoms with E-state index in [0.29, 0.717) is 22.8 Å². The van der Waals surface area contributed by atoms with Crippen LogP contribution >= 0.6 is 0 Å². The second-order valence-electron chi connectivity index (χ2n) is 4.47.